The Morgan fingerprint density at radius 2 is 1.44 bits per heavy atom. The second kappa shape index (κ2) is 11.0. The molecule has 34 heavy (non-hydrogen) atoms. The van der Waals surface area contributed by atoms with E-state index < -0.39 is 5.41 Å². The van der Waals surface area contributed by atoms with Crippen LogP contribution in [0.3, 0.4) is 0 Å². The highest BCUT2D eigenvalue weighted by molar-refractivity contribution is 5.91. The highest BCUT2D eigenvalue weighted by atomic mass is 16.5. The maximum atomic E-state index is 12.4. The zero-order chi connectivity index (χ0) is 25.7. The predicted molar refractivity (Wildman–Crippen MR) is 139 cm³/mol. The quantitative estimate of drug-likeness (QED) is 0.233. The molecule has 0 aliphatic carbocycles. The van der Waals surface area contributed by atoms with Gasteiger partial charge in [0.25, 0.3) is 0 Å². The lowest BCUT2D eigenvalue weighted by molar-refractivity contribution is -0.143. The molecule has 0 saturated carbocycles. The van der Waals surface area contributed by atoms with Gasteiger partial charge in [0.2, 0.25) is 0 Å². The van der Waals surface area contributed by atoms with Crippen LogP contribution in [0.5, 0.6) is 5.75 Å². The molecule has 0 aromatic heterocycles. The summed E-state index contributed by atoms with van der Waals surface area (Å²) in [6, 6.07) is 12.7. The van der Waals surface area contributed by atoms with Crippen molar-refractivity contribution in [3.8, 4) is 5.75 Å². The first kappa shape index (κ1) is 27.4. The molecule has 4 heteroatoms. The van der Waals surface area contributed by atoms with E-state index in [-0.39, 0.29) is 17.4 Å². The Labute approximate surface area is 205 Å². The fraction of sp³-hybridized carbons (Fsp3) is 0.467. The van der Waals surface area contributed by atoms with Gasteiger partial charge in [0.05, 0.1) is 12.5 Å². The molecular weight excluding hydrogens is 424 g/mol. The van der Waals surface area contributed by atoms with Crippen LogP contribution in [-0.2, 0) is 19.7 Å². The molecule has 0 aliphatic rings. The van der Waals surface area contributed by atoms with E-state index in [0.717, 1.165) is 41.5 Å². The summed E-state index contributed by atoms with van der Waals surface area (Å²) >= 11 is 0. The molecule has 0 atom stereocenters. The predicted octanol–water partition coefficient (Wildman–Crippen LogP) is 7.33. The summed E-state index contributed by atoms with van der Waals surface area (Å²) in [7, 11) is 1.40. The van der Waals surface area contributed by atoms with Crippen molar-refractivity contribution in [1.29, 1.82) is 0 Å². The number of carbonyl (C=O) groups excluding carboxylic acids is 2. The minimum atomic E-state index is -0.555. The summed E-state index contributed by atoms with van der Waals surface area (Å²) in [5.74, 6) is 0.0370. The van der Waals surface area contributed by atoms with Crippen molar-refractivity contribution in [2.24, 2.45) is 5.41 Å². The molecule has 0 spiro atoms. The van der Waals surface area contributed by atoms with Gasteiger partial charge in [-0.15, -0.1) is 0 Å². The number of allylic oxidation sites excluding steroid dienone is 1. The van der Waals surface area contributed by atoms with E-state index in [2.05, 4.69) is 51.1 Å². The normalized spacial score (nSPS) is 12.4. The SMILES string of the molecule is CCC(=CC(=O)OC)c1ccc(C(CC)(CC)c2ccc(OC(=O)C(C)(C)C)c(C)c2)cc1C. The Morgan fingerprint density at radius 3 is 1.88 bits per heavy atom. The number of carbonyl (C=O) groups is 2. The summed E-state index contributed by atoms with van der Waals surface area (Å²) < 4.78 is 10.5. The fourth-order valence-corrected chi connectivity index (χ4v) is 4.44. The first-order valence-electron chi connectivity index (χ1n) is 12.2. The van der Waals surface area contributed by atoms with E-state index in [0.29, 0.717) is 5.75 Å². The van der Waals surface area contributed by atoms with E-state index >= 15 is 0 Å². The van der Waals surface area contributed by atoms with Crippen molar-refractivity contribution >= 4 is 17.5 Å². The van der Waals surface area contributed by atoms with Gasteiger partial charge in [0, 0.05) is 11.5 Å². The standard InChI is InChI=1S/C30H40O4/c1-10-22(19-27(31)33-9)25-15-13-23(17-20(25)4)30(11-2,12-3)24-14-16-26(21(5)18-24)34-28(32)29(6,7)8/h13-19H,10-12H2,1-9H3. The number of esters is 2. The first-order chi connectivity index (χ1) is 15.9. The van der Waals surface area contributed by atoms with Gasteiger partial charge < -0.3 is 9.47 Å². The van der Waals surface area contributed by atoms with Crippen molar-refractivity contribution in [3.05, 3.63) is 70.3 Å². The maximum absolute atomic E-state index is 12.4. The fourth-order valence-electron chi connectivity index (χ4n) is 4.44. The highest BCUT2D eigenvalue weighted by Crippen LogP contribution is 2.41. The third-order valence-electron chi connectivity index (χ3n) is 6.75. The average molecular weight is 465 g/mol. The molecule has 2 aromatic carbocycles. The molecule has 0 amide bonds. The van der Waals surface area contributed by atoms with Crippen LogP contribution in [0.4, 0.5) is 0 Å². The third-order valence-corrected chi connectivity index (χ3v) is 6.75. The summed E-state index contributed by atoms with van der Waals surface area (Å²) in [5, 5.41) is 0. The van der Waals surface area contributed by atoms with Gasteiger partial charge >= 0.3 is 11.9 Å². The van der Waals surface area contributed by atoms with E-state index in [1.54, 1.807) is 6.08 Å². The number of ether oxygens (including phenoxy) is 2. The Hall–Kier alpha value is -2.88. The Bertz CT molecular complexity index is 1070. The van der Waals surface area contributed by atoms with Gasteiger partial charge in [-0.05, 0) is 93.3 Å². The van der Waals surface area contributed by atoms with Gasteiger partial charge in [0.15, 0.2) is 0 Å². The van der Waals surface area contributed by atoms with E-state index in [1.165, 1.54) is 18.2 Å². The van der Waals surface area contributed by atoms with Gasteiger partial charge in [-0.2, -0.15) is 0 Å². The van der Waals surface area contributed by atoms with Gasteiger partial charge in [-0.1, -0.05) is 51.1 Å². The van der Waals surface area contributed by atoms with Crippen LogP contribution in [0.2, 0.25) is 0 Å². The van der Waals surface area contributed by atoms with Crippen molar-refractivity contribution in [2.45, 2.75) is 80.1 Å². The summed E-state index contributed by atoms with van der Waals surface area (Å²) in [6.45, 7) is 16.1. The average Bonchev–Trinajstić information content (AvgIpc) is 2.79. The molecule has 0 radical (unpaired) electrons. The molecule has 0 aliphatic heterocycles. The summed E-state index contributed by atoms with van der Waals surface area (Å²) in [5.41, 5.74) is 5.84. The van der Waals surface area contributed by atoms with Crippen LogP contribution in [0, 0.1) is 19.3 Å². The van der Waals surface area contributed by atoms with Crippen LogP contribution in [0.25, 0.3) is 5.57 Å². The third kappa shape index (κ3) is 5.78. The van der Waals surface area contributed by atoms with Gasteiger partial charge in [-0.3, -0.25) is 4.79 Å². The first-order valence-corrected chi connectivity index (χ1v) is 12.2. The number of methoxy groups -OCH3 is 1. The van der Waals surface area contributed by atoms with E-state index in [4.69, 9.17) is 9.47 Å². The second-order valence-corrected chi connectivity index (χ2v) is 9.98. The van der Waals surface area contributed by atoms with Gasteiger partial charge in [-0.25, -0.2) is 4.79 Å². The zero-order valence-corrected chi connectivity index (χ0v) is 22.3. The Balaban J connectivity index is 2.52. The largest absolute Gasteiger partial charge is 0.466 e. The molecule has 0 unspecified atom stereocenters. The molecule has 4 nitrogen and oxygen atoms in total. The van der Waals surface area contributed by atoms with Crippen molar-refractivity contribution in [2.75, 3.05) is 7.11 Å². The lowest BCUT2D eigenvalue weighted by atomic mass is 9.69. The molecule has 2 aromatic rings. The van der Waals surface area contributed by atoms with Crippen molar-refractivity contribution < 1.29 is 19.1 Å². The second-order valence-electron chi connectivity index (χ2n) is 9.98. The van der Waals surface area contributed by atoms with Gasteiger partial charge in [0.1, 0.15) is 5.75 Å². The number of hydrogen-bond donors (Lipinski definition) is 0. The number of benzene rings is 2. The zero-order valence-electron chi connectivity index (χ0n) is 22.3. The van der Waals surface area contributed by atoms with Crippen LogP contribution in [0.15, 0.2) is 42.5 Å². The molecule has 2 rings (SSSR count). The van der Waals surface area contributed by atoms with Crippen molar-refractivity contribution in [3.63, 3.8) is 0 Å². The smallest absolute Gasteiger partial charge is 0.330 e. The maximum Gasteiger partial charge on any atom is 0.330 e. The molecule has 0 saturated heterocycles. The molecule has 184 valence electrons. The number of hydrogen-bond acceptors (Lipinski definition) is 4. The minimum absolute atomic E-state index is 0.168. The van der Waals surface area contributed by atoms with Crippen molar-refractivity contribution in [1.82, 2.24) is 0 Å². The lowest BCUT2D eigenvalue weighted by Gasteiger charge is -2.34. The molecule has 0 bridgehead atoms. The topological polar surface area (TPSA) is 52.6 Å². The summed E-state index contributed by atoms with van der Waals surface area (Å²) in [6.07, 6.45) is 4.19. The summed E-state index contributed by atoms with van der Waals surface area (Å²) in [4.78, 5) is 24.2. The monoisotopic (exact) mass is 464 g/mol. The van der Waals surface area contributed by atoms with E-state index in [9.17, 15) is 9.59 Å². The minimum Gasteiger partial charge on any atom is -0.466 e. The van der Waals surface area contributed by atoms with Crippen LogP contribution in [-0.4, -0.2) is 19.0 Å². The molecule has 0 fully saturated rings. The lowest BCUT2D eigenvalue weighted by Crippen LogP contribution is -2.27. The van der Waals surface area contributed by atoms with Crippen LogP contribution >= 0.6 is 0 Å². The van der Waals surface area contributed by atoms with Crippen LogP contribution < -0.4 is 4.74 Å². The highest BCUT2D eigenvalue weighted by Gasteiger charge is 2.32. The Morgan fingerprint density at radius 1 is 0.882 bits per heavy atom. The number of rotatable bonds is 8. The Kier molecular flexibility index (Phi) is 8.88. The molecule has 0 N–H and O–H groups in total. The van der Waals surface area contributed by atoms with Crippen LogP contribution in [0.1, 0.15) is 88.6 Å². The molecule has 0 heterocycles. The number of aryl methyl sites for hydroxylation is 2. The molecular formula is C30H40O4. The van der Waals surface area contributed by atoms with E-state index in [1.807, 2.05) is 40.7 Å².